The molecule has 2 aliphatic rings. The maximum absolute atomic E-state index is 14.6. The minimum Gasteiger partial charge on any atom is -0.480 e. The maximum atomic E-state index is 14.6. The normalized spacial score (nSPS) is 17.7. The summed E-state index contributed by atoms with van der Waals surface area (Å²) in [7, 11) is 0. The molecule has 0 radical (unpaired) electrons. The minimum absolute atomic E-state index is 0.0110. The summed E-state index contributed by atoms with van der Waals surface area (Å²) in [5, 5.41) is 47.9. The van der Waals surface area contributed by atoms with Crippen molar-refractivity contribution < 1.29 is 72.9 Å². The highest BCUT2D eigenvalue weighted by atomic mass is 16.4. The van der Waals surface area contributed by atoms with Crippen LogP contribution in [0.3, 0.4) is 0 Å². The fraction of sp³-hybridized carbons (Fsp3) is 0.630. The van der Waals surface area contributed by atoms with Crippen LogP contribution in [0.25, 0.3) is 10.9 Å². The number of unbranched alkanes of at least 4 members (excludes halogenated alkanes) is 3. The molecule has 11 amide bonds. The SMILES string of the molecule is NCCCC[C@H](NC(=O)[C@@H]1CCCN1C(=O)[C@H](CCCCN)NC(=O)[C@H](CO)NC(=O)[C@@H]1CCCN1C(=O)[C@H](CCCCN)NC(=O)[C@H](CC(N)=O)NC(=O)[C@H](Cc1c[nH]c2ccccc12)NC(=O)[C@H](CCC(N)=O)NC(=O)[C@@H](N)CO)C(=O)O. The number of para-hydroxylation sites is 1. The molecule has 31 nitrogen and oxygen atoms in total. The van der Waals surface area contributed by atoms with Crippen LogP contribution >= 0.6 is 0 Å². The number of hydrogen-bond acceptors (Lipinski definition) is 18. The van der Waals surface area contributed by atoms with Crippen molar-refractivity contribution in [2.75, 3.05) is 45.9 Å². The smallest absolute Gasteiger partial charge is 0.326 e. The van der Waals surface area contributed by atoms with E-state index >= 15 is 0 Å². The molecule has 2 saturated heterocycles. The number of hydrogen-bond donors (Lipinski definition) is 17. The van der Waals surface area contributed by atoms with Crippen molar-refractivity contribution in [3.8, 4) is 0 Å². The molecule has 31 heteroatoms. The van der Waals surface area contributed by atoms with Crippen molar-refractivity contribution in [1.82, 2.24) is 52.0 Å². The number of aromatic amines is 1. The van der Waals surface area contributed by atoms with Crippen molar-refractivity contribution in [2.24, 2.45) is 34.4 Å². The molecule has 3 heterocycles. The summed E-state index contributed by atoms with van der Waals surface area (Å²) in [4.78, 5) is 168. The van der Waals surface area contributed by atoms with E-state index in [-0.39, 0.29) is 84.0 Å². The quantitative estimate of drug-likeness (QED) is 0.0278. The Labute approximate surface area is 491 Å². The van der Waals surface area contributed by atoms with E-state index in [0.29, 0.717) is 61.5 Å². The number of amides is 11. The van der Waals surface area contributed by atoms with Crippen LogP contribution in [0, 0.1) is 0 Å². The third kappa shape index (κ3) is 21.3. The Hall–Kier alpha value is -7.84. The second kappa shape index (κ2) is 35.5. The monoisotopic (exact) mass is 1200 g/mol. The predicted octanol–water partition coefficient (Wildman–Crippen LogP) is -5.99. The molecule has 0 saturated carbocycles. The van der Waals surface area contributed by atoms with Crippen LogP contribution in [0.5, 0.6) is 0 Å². The van der Waals surface area contributed by atoms with Gasteiger partial charge in [-0.3, -0.25) is 52.7 Å². The van der Waals surface area contributed by atoms with Gasteiger partial charge in [-0.2, -0.15) is 0 Å². The van der Waals surface area contributed by atoms with Gasteiger partial charge in [0.05, 0.1) is 19.6 Å². The van der Waals surface area contributed by atoms with E-state index in [1.165, 1.54) is 9.80 Å². The number of aromatic nitrogens is 1. The number of primary amides is 2. The van der Waals surface area contributed by atoms with Gasteiger partial charge in [0.15, 0.2) is 0 Å². The number of carbonyl (C=O) groups is 12. The van der Waals surface area contributed by atoms with Crippen molar-refractivity contribution in [3.63, 3.8) is 0 Å². The second-order valence-electron chi connectivity index (χ2n) is 21.2. The van der Waals surface area contributed by atoms with Crippen LogP contribution in [0.2, 0.25) is 0 Å². The molecule has 472 valence electrons. The average Bonchev–Trinajstić information content (AvgIpc) is 4.18. The van der Waals surface area contributed by atoms with E-state index in [0.717, 1.165) is 0 Å². The van der Waals surface area contributed by atoms with Crippen LogP contribution in [0.4, 0.5) is 0 Å². The van der Waals surface area contributed by atoms with Gasteiger partial charge in [0.1, 0.15) is 60.4 Å². The molecule has 0 unspecified atom stereocenters. The van der Waals surface area contributed by atoms with Crippen molar-refractivity contribution >= 4 is 81.9 Å². The largest absolute Gasteiger partial charge is 0.480 e. The molecular formula is C54H86N16O15. The Morgan fingerprint density at radius 1 is 0.541 bits per heavy atom. The number of aliphatic hydroxyl groups is 2. The average molecular weight is 1200 g/mol. The molecule has 2 fully saturated rings. The van der Waals surface area contributed by atoms with Gasteiger partial charge in [0.25, 0.3) is 0 Å². The Bertz CT molecular complexity index is 2640. The highest BCUT2D eigenvalue weighted by molar-refractivity contribution is 6.00. The number of rotatable bonds is 38. The highest BCUT2D eigenvalue weighted by Gasteiger charge is 2.42. The molecule has 4 rings (SSSR count). The summed E-state index contributed by atoms with van der Waals surface area (Å²) in [6, 6.07) is -7.23. The van der Waals surface area contributed by atoms with Crippen LogP contribution in [-0.4, -0.2) is 207 Å². The molecule has 2 aliphatic heterocycles. The fourth-order valence-corrected chi connectivity index (χ4v) is 10.1. The number of aliphatic hydroxyl groups excluding tert-OH is 2. The second-order valence-corrected chi connectivity index (χ2v) is 21.2. The minimum atomic E-state index is -1.79. The number of fused-ring (bicyclic) bond motifs is 1. The van der Waals surface area contributed by atoms with E-state index in [9.17, 15) is 72.9 Å². The first-order valence-electron chi connectivity index (χ1n) is 28.7. The fourth-order valence-electron chi connectivity index (χ4n) is 10.1. The Balaban J connectivity index is 1.54. The number of benzene rings is 1. The van der Waals surface area contributed by atoms with Crippen LogP contribution in [-0.2, 0) is 64.0 Å². The van der Waals surface area contributed by atoms with Gasteiger partial charge in [-0.1, -0.05) is 18.2 Å². The molecule has 10 atom stereocenters. The van der Waals surface area contributed by atoms with E-state index in [1.807, 2.05) is 0 Å². The molecule has 0 bridgehead atoms. The highest BCUT2D eigenvalue weighted by Crippen LogP contribution is 2.24. The maximum Gasteiger partial charge on any atom is 0.326 e. The summed E-state index contributed by atoms with van der Waals surface area (Å²) < 4.78 is 0. The third-order valence-electron chi connectivity index (χ3n) is 14.8. The molecular weight excluding hydrogens is 1110 g/mol. The van der Waals surface area contributed by atoms with Gasteiger partial charge < -0.3 is 102 Å². The lowest BCUT2D eigenvalue weighted by atomic mass is 10.0. The molecule has 2 aromatic rings. The van der Waals surface area contributed by atoms with Crippen molar-refractivity contribution in [3.05, 3.63) is 36.0 Å². The lowest BCUT2D eigenvalue weighted by Crippen LogP contribution is -2.61. The van der Waals surface area contributed by atoms with Crippen LogP contribution in [0.1, 0.15) is 108 Å². The van der Waals surface area contributed by atoms with Gasteiger partial charge in [0, 0.05) is 43.0 Å². The summed E-state index contributed by atoms with van der Waals surface area (Å²) in [6.45, 7) is -0.866. The molecule has 0 aliphatic carbocycles. The molecule has 0 spiro atoms. The number of nitrogens with two attached hydrogens (primary N) is 6. The molecule has 85 heavy (non-hydrogen) atoms. The zero-order chi connectivity index (χ0) is 62.8. The van der Waals surface area contributed by atoms with Crippen molar-refractivity contribution in [1.29, 1.82) is 0 Å². The number of nitrogens with zero attached hydrogens (tertiary/aromatic N) is 2. The van der Waals surface area contributed by atoms with E-state index in [1.54, 1.807) is 30.5 Å². The van der Waals surface area contributed by atoms with E-state index in [4.69, 9.17) is 34.4 Å². The van der Waals surface area contributed by atoms with Gasteiger partial charge in [-0.25, -0.2) is 4.79 Å². The Morgan fingerprint density at radius 3 is 1.49 bits per heavy atom. The Kier molecular flexibility index (Phi) is 29.1. The standard InChI is InChI=1S/C54H86N16O15/c55-20-6-3-13-35(63-48(78)39(26-44(60)74)67-47(77)38(25-30-27-61-33-12-2-1-11-31(30)33)66-46(76)34(18-19-43(59)73)62-45(75)32(58)28-71)52(82)70-24-10-17-42(70)51(81)68-40(29-72)49(79)64-36(14-4-7-21-56)53(83)69-23-9-16-41(69)50(80)65-37(54(84)85)15-5-8-22-57/h1-2,11-12,27,32,34-42,61,71-72H,3-10,13-26,28-29,55-58H2,(H2,59,73)(H2,60,74)(H,62,75)(H,63,78)(H,64,79)(H,65,80)(H,66,76)(H,67,77)(H,68,81)(H,84,85)/t32-,34-,35-,36-,37-,38-,39-,40-,41-,42-/m0/s1. The third-order valence-corrected chi connectivity index (χ3v) is 14.8. The van der Waals surface area contributed by atoms with E-state index < -0.39 is 157 Å². The molecule has 23 N–H and O–H groups in total. The molecule has 1 aromatic carbocycles. The lowest BCUT2D eigenvalue weighted by molar-refractivity contribution is -0.145. The van der Waals surface area contributed by atoms with Gasteiger partial charge in [0.2, 0.25) is 65.0 Å². The first-order chi connectivity index (χ1) is 40.6. The van der Waals surface area contributed by atoms with Crippen molar-refractivity contribution in [2.45, 2.75) is 170 Å². The number of aliphatic carboxylic acids is 1. The first kappa shape index (κ1) is 69.7. The first-order valence-corrected chi connectivity index (χ1v) is 28.7. The van der Waals surface area contributed by atoms with E-state index in [2.05, 4.69) is 42.2 Å². The number of carboxylic acid groups (broad SMARTS) is 1. The topological polar surface area (TPSA) is 528 Å². The van der Waals surface area contributed by atoms with Crippen LogP contribution < -0.4 is 71.6 Å². The zero-order valence-corrected chi connectivity index (χ0v) is 47.7. The zero-order valence-electron chi connectivity index (χ0n) is 47.7. The number of carboxylic acids is 1. The van der Waals surface area contributed by atoms with Gasteiger partial charge in [-0.05, 0) is 121 Å². The van der Waals surface area contributed by atoms with Gasteiger partial charge in [-0.15, -0.1) is 0 Å². The summed E-state index contributed by atoms with van der Waals surface area (Å²) in [5.41, 5.74) is 34.8. The van der Waals surface area contributed by atoms with Crippen LogP contribution in [0.15, 0.2) is 30.5 Å². The summed E-state index contributed by atoms with van der Waals surface area (Å²) >= 11 is 0. The summed E-state index contributed by atoms with van der Waals surface area (Å²) in [5.74, 6) is -11.2. The number of H-pyrrole nitrogens is 1. The Morgan fingerprint density at radius 2 is 1.00 bits per heavy atom. The number of nitrogens with one attached hydrogen (secondary N) is 8. The number of carbonyl (C=O) groups excluding carboxylic acids is 11. The number of likely N-dealkylation sites (tertiary alicyclic amines) is 2. The molecule has 1 aromatic heterocycles. The summed E-state index contributed by atoms with van der Waals surface area (Å²) in [6.07, 6.45) is 3.25. The predicted molar refractivity (Wildman–Crippen MR) is 306 cm³/mol. The van der Waals surface area contributed by atoms with Gasteiger partial charge >= 0.3 is 5.97 Å². The lowest BCUT2D eigenvalue weighted by Gasteiger charge is -2.31.